The molecule has 1 aromatic rings. The van der Waals surface area contributed by atoms with Crippen LogP contribution < -0.4 is 4.43 Å². The van der Waals surface area contributed by atoms with Crippen molar-refractivity contribution in [3.63, 3.8) is 0 Å². The molecule has 0 heterocycles. The average molecular weight is 442 g/mol. The molecule has 4 aliphatic carbocycles. The van der Waals surface area contributed by atoms with E-state index in [1.165, 1.54) is 49.8 Å². The van der Waals surface area contributed by atoms with Crippen LogP contribution in [0, 0.1) is 23.8 Å². The molecule has 5 rings (SSSR count). The van der Waals surface area contributed by atoms with Gasteiger partial charge in [0, 0.05) is 0 Å². The van der Waals surface area contributed by atoms with Gasteiger partial charge in [0.15, 0.2) is 0 Å². The molecule has 0 amide bonds. The van der Waals surface area contributed by atoms with Crippen LogP contribution in [0.5, 0.6) is 5.75 Å². The molecule has 0 N–H and O–H groups in total. The molecule has 1 aromatic carbocycles. The maximum atomic E-state index is 6.81. The van der Waals surface area contributed by atoms with E-state index in [0.717, 1.165) is 35.1 Å². The van der Waals surface area contributed by atoms with Crippen molar-refractivity contribution in [3.8, 4) is 5.75 Å². The fraction of sp³-hybridized carbons (Fsp3) is 0.727. The van der Waals surface area contributed by atoms with Crippen LogP contribution in [0.3, 0.4) is 0 Å². The second-order valence-electron chi connectivity index (χ2n) is 10.5. The minimum absolute atomic E-state index is 0.241. The van der Waals surface area contributed by atoms with E-state index < -0.39 is 8.32 Å². The molecule has 0 unspecified atom stereocenters. The Hall–Kier alpha value is 0.150. The second kappa shape index (κ2) is 7.53. The van der Waals surface area contributed by atoms with Crippen LogP contribution in [0.1, 0.15) is 64.9 Å². The average Bonchev–Trinajstić information content (AvgIpc) is 2.54. The van der Waals surface area contributed by atoms with Crippen LogP contribution in [0.4, 0.5) is 0 Å². The number of hydrogen-bond donors (Lipinski definition) is 0. The minimum atomic E-state index is -1.81. The third kappa shape index (κ3) is 3.83. The van der Waals surface area contributed by atoms with Crippen molar-refractivity contribution in [2.24, 2.45) is 17.8 Å². The molecule has 0 radical (unpaired) electrons. The molecule has 4 aliphatic rings. The van der Waals surface area contributed by atoms with Crippen LogP contribution in [0.15, 0.2) is 18.2 Å². The molecular formula is C22H33ClOSiZn. The Morgan fingerprint density at radius 2 is 1.58 bits per heavy atom. The van der Waals surface area contributed by atoms with Gasteiger partial charge >= 0.3 is 27.0 Å². The Bertz CT molecular complexity index is 602. The van der Waals surface area contributed by atoms with Gasteiger partial charge in [-0.2, -0.15) is 18.2 Å². The molecule has 0 saturated heterocycles. The summed E-state index contributed by atoms with van der Waals surface area (Å²) in [5.41, 5.74) is 1.89. The zero-order valence-corrected chi connectivity index (χ0v) is 21.9. The molecule has 0 atom stereocenters. The van der Waals surface area contributed by atoms with E-state index in [2.05, 4.69) is 52.1 Å². The van der Waals surface area contributed by atoms with Crippen molar-refractivity contribution in [2.75, 3.05) is 0 Å². The topological polar surface area (TPSA) is 9.23 Å². The third-order valence-electron chi connectivity index (χ3n) is 7.60. The molecule has 1 nitrogen and oxygen atoms in total. The second-order valence-corrected chi connectivity index (χ2v) is 15.2. The summed E-state index contributed by atoms with van der Waals surface area (Å²) in [6.45, 7) is 11.7. The van der Waals surface area contributed by atoms with E-state index in [-0.39, 0.29) is 5.04 Å². The number of benzene rings is 1. The van der Waals surface area contributed by atoms with E-state index >= 15 is 0 Å². The predicted molar refractivity (Wildman–Crippen MR) is 109 cm³/mol. The van der Waals surface area contributed by atoms with Gasteiger partial charge in [-0.1, -0.05) is 40.0 Å². The summed E-state index contributed by atoms with van der Waals surface area (Å²) in [7, 11) is 2.96. The summed E-state index contributed by atoms with van der Waals surface area (Å²) < 4.78 is 6.81. The first-order valence-electron chi connectivity index (χ1n) is 10.1. The van der Waals surface area contributed by atoms with Gasteiger partial charge in [0.25, 0.3) is 0 Å². The molecule has 26 heavy (non-hydrogen) atoms. The fourth-order valence-corrected chi connectivity index (χ4v) is 6.82. The normalized spacial score (nSPS) is 32.8. The van der Waals surface area contributed by atoms with Gasteiger partial charge in [-0.05, 0) is 66.3 Å². The molecule has 0 aliphatic heterocycles. The van der Waals surface area contributed by atoms with Gasteiger partial charge in [0.2, 0.25) is 8.32 Å². The molecule has 0 spiro atoms. The first-order valence-corrected chi connectivity index (χ1v) is 17.0. The van der Waals surface area contributed by atoms with Gasteiger partial charge in [0.1, 0.15) is 0 Å². The van der Waals surface area contributed by atoms with Crippen LogP contribution in [0.25, 0.3) is 0 Å². The number of rotatable bonds is 3. The van der Waals surface area contributed by atoms with E-state index in [9.17, 15) is 0 Å². The summed E-state index contributed by atoms with van der Waals surface area (Å²) in [6, 6.07) is 9.91. The predicted octanol–water partition coefficient (Wildman–Crippen LogP) is 7.03. The fourth-order valence-electron chi connectivity index (χ4n) is 5.79. The first-order chi connectivity index (χ1) is 12.2. The summed E-state index contributed by atoms with van der Waals surface area (Å²) in [6.07, 6.45) is 8.66. The Labute approximate surface area is 175 Å². The van der Waals surface area contributed by atoms with Gasteiger partial charge in [0.05, 0.1) is 0 Å². The van der Waals surface area contributed by atoms with Gasteiger partial charge in [-0.25, -0.2) is 0 Å². The van der Waals surface area contributed by atoms with E-state index in [4.69, 9.17) is 14.1 Å². The van der Waals surface area contributed by atoms with Crippen LogP contribution in [0.2, 0.25) is 18.1 Å². The van der Waals surface area contributed by atoms with Gasteiger partial charge < -0.3 is 4.43 Å². The number of halogens is 1. The number of hydrogen-bond acceptors (Lipinski definition) is 1. The Morgan fingerprint density at radius 1 is 1.08 bits per heavy atom. The van der Waals surface area contributed by atoms with Crippen LogP contribution in [-0.4, -0.2) is 8.32 Å². The van der Waals surface area contributed by atoms with Crippen LogP contribution >= 0.6 is 9.69 Å². The maximum absolute atomic E-state index is 6.81. The Balaban J connectivity index is 0.000000948. The standard InChI is InChI=1S/C22H33OSi.ClH.Zn/c1-21(2,3)24(4,5)23-20-9-7-6-8-19(20)22-13-16-10-17(14-22)12-18(11-16)15-22;;/h7-9,16-18H,10-15H2,1-5H3;1H;/q-1;;+2/p-1. The third-order valence-corrected chi connectivity index (χ3v) is 11.9. The van der Waals surface area contributed by atoms with Crippen molar-refractivity contribution in [1.82, 2.24) is 0 Å². The Morgan fingerprint density at radius 3 is 2.04 bits per heavy atom. The van der Waals surface area contributed by atoms with Gasteiger partial charge in [-0.3, -0.25) is 0 Å². The molecule has 0 aromatic heterocycles. The zero-order chi connectivity index (χ0) is 19.2. The Kier molecular flexibility index (Phi) is 6.04. The van der Waals surface area contributed by atoms with Crippen molar-refractivity contribution in [3.05, 3.63) is 29.8 Å². The van der Waals surface area contributed by atoms with Gasteiger partial charge in [-0.15, -0.1) is 11.6 Å². The first kappa shape index (κ1) is 20.9. The quantitative estimate of drug-likeness (QED) is 0.361. The van der Waals surface area contributed by atoms with E-state index in [1.807, 2.05) is 6.07 Å². The van der Waals surface area contributed by atoms with Crippen molar-refractivity contribution >= 4 is 18.0 Å². The van der Waals surface area contributed by atoms with Crippen LogP contribution in [-0.2, 0) is 22.7 Å². The summed E-state index contributed by atoms with van der Waals surface area (Å²) in [5.74, 6) is 4.09. The van der Waals surface area contributed by atoms with Crippen molar-refractivity contribution < 1.29 is 21.7 Å². The van der Waals surface area contributed by atoms with E-state index in [0.29, 0.717) is 5.41 Å². The summed E-state index contributed by atoms with van der Waals surface area (Å²) in [4.78, 5) is 0. The molecular weight excluding hydrogens is 409 g/mol. The molecule has 140 valence electrons. The monoisotopic (exact) mass is 440 g/mol. The molecule has 4 saturated carbocycles. The van der Waals surface area contributed by atoms with E-state index in [1.54, 1.807) is 0 Å². The zero-order valence-electron chi connectivity index (χ0n) is 17.2. The molecule has 4 bridgehead atoms. The van der Waals surface area contributed by atoms with Crippen molar-refractivity contribution in [1.29, 1.82) is 0 Å². The SMILES string of the molecule is CC(C)(C)[Si](C)(C)Oc1cc[c-]cc1C12CC3CC(CC(C3)C1)C2.[Cl][Zn+]. The van der Waals surface area contributed by atoms with Crippen molar-refractivity contribution in [2.45, 2.75) is 82.8 Å². The summed E-state index contributed by atoms with van der Waals surface area (Å²) in [5, 5.41) is 0.241. The molecule has 4 heteroatoms. The molecule has 4 fully saturated rings. The summed E-state index contributed by atoms with van der Waals surface area (Å²) >= 11 is 0.847.